The highest BCUT2D eigenvalue weighted by molar-refractivity contribution is 6.45. The number of halogens is 7. The zero-order valence-corrected chi connectivity index (χ0v) is 38.1. The molecular formula is C42H31Cl7N8O6. The van der Waals surface area contributed by atoms with Crippen molar-refractivity contribution in [3.05, 3.63) is 138 Å². The van der Waals surface area contributed by atoms with Gasteiger partial charge in [-0.15, -0.1) is 11.6 Å². The third-order valence-electron chi connectivity index (χ3n) is 8.68. The Morgan fingerprint density at radius 2 is 0.937 bits per heavy atom. The van der Waals surface area contributed by atoms with Gasteiger partial charge in [0.05, 0.1) is 58.0 Å². The van der Waals surface area contributed by atoms with Crippen molar-refractivity contribution >= 4 is 151 Å². The lowest BCUT2D eigenvalue weighted by Gasteiger charge is -2.17. The average Bonchev–Trinajstić information content (AvgIpc) is 3.22. The molecule has 21 heteroatoms. The first-order valence-corrected chi connectivity index (χ1v) is 20.9. The van der Waals surface area contributed by atoms with Crippen LogP contribution in [0.5, 0.6) is 0 Å². The Morgan fingerprint density at radius 1 is 0.508 bits per heavy atom. The van der Waals surface area contributed by atoms with Gasteiger partial charge in [-0.3, -0.25) is 28.8 Å². The monoisotopic (exact) mass is 988 g/mol. The predicted molar refractivity (Wildman–Crippen MR) is 248 cm³/mol. The van der Waals surface area contributed by atoms with Crippen LogP contribution in [-0.2, 0) is 19.2 Å². The van der Waals surface area contributed by atoms with Gasteiger partial charge in [-0.25, -0.2) is 0 Å². The molecule has 3 unspecified atom stereocenters. The molecule has 3 atom stereocenters. The normalized spacial score (nSPS) is 12.7. The molecule has 0 fully saturated rings. The zero-order valence-electron chi connectivity index (χ0n) is 32.8. The Kier molecular flexibility index (Phi) is 16.8. The van der Waals surface area contributed by atoms with Crippen LogP contribution >= 0.6 is 81.2 Å². The van der Waals surface area contributed by atoms with E-state index >= 15 is 0 Å². The maximum absolute atomic E-state index is 13.5. The number of Topliss-reactive ketones (excluding diaryl/α,β-unsaturated/α-hetero) is 2. The second kappa shape index (κ2) is 21.8. The number of nitrogens with zero attached hydrogens (tertiary/aromatic N) is 4. The molecule has 0 bridgehead atoms. The number of anilines is 4. The van der Waals surface area contributed by atoms with Gasteiger partial charge in [-0.2, -0.15) is 20.5 Å². The van der Waals surface area contributed by atoms with E-state index in [-0.39, 0.29) is 75.4 Å². The van der Waals surface area contributed by atoms with Crippen LogP contribution in [0, 0.1) is 0 Å². The Morgan fingerprint density at radius 3 is 1.37 bits per heavy atom. The topological polar surface area (TPSA) is 200 Å². The molecule has 0 aromatic heterocycles. The average molecular weight is 992 g/mol. The summed E-state index contributed by atoms with van der Waals surface area (Å²) in [5.74, 6) is -4.38. The SMILES string of the molecule is CC(=O)C(N=Nc1cccc(C(=O)Nc2cccc(Cl)c2Cl)c1Cl)C(=O)Nc1ccc(NC(=O)C(N=Nc2cccc(C(=O)Nc3cccc(Cl)c3Cl)c2Cl)C(C)=O)c(C(C)Cl)c1. The summed E-state index contributed by atoms with van der Waals surface area (Å²) in [6.07, 6.45) is 0. The number of alkyl halides is 1. The number of carbonyl (C=O) groups is 6. The maximum Gasteiger partial charge on any atom is 0.258 e. The summed E-state index contributed by atoms with van der Waals surface area (Å²) in [5.41, 5.74) is 1.09. The van der Waals surface area contributed by atoms with Gasteiger partial charge in [0.1, 0.15) is 11.4 Å². The molecule has 0 aliphatic heterocycles. The summed E-state index contributed by atoms with van der Waals surface area (Å²) in [6, 6.07) is 19.0. The van der Waals surface area contributed by atoms with Crippen LogP contribution in [0.3, 0.4) is 0 Å². The largest absolute Gasteiger partial charge is 0.324 e. The molecule has 63 heavy (non-hydrogen) atoms. The number of carbonyl (C=O) groups excluding carboxylic acids is 6. The van der Waals surface area contributed by atoms with Crippen molar-refractivity contribution in [2.45, 2.75) is 38.2 Å². The van der Waals surface area contributed by atoms with Gasteiger partial charge in [0.25, 0.3) is 23.6 Å². The van der Waals surface area contributed by atoms with Crippen molar-refractivity contribution in [3.8, 4) is 0 Å². The van der Waals surface area contributed by atoms with E-state index in [1.165, 1.54) is 54.6 Å². The number of hydrogen-bond donors (Lipinski definition) is 4. The first-order chi connectivity index (χ1) is 29.9. The van der Waals surface area contributed by atoms with E-state index in [1.807, 2.05) is 0 Å². The Hall–Kier alpha value is -5.45. The second-order valence-corrected chi connectivity index (χ2v) is 16.2. The summed E-state index contributed by atoms with van der Waals surface area (Å²) >= 11 is 43.9. The molecule has 0 aliphatic rings. The Balaban J connectivity index is 1.29. The fraction of sp³-hybridized carbons (Fsp3) is 0.143. The van der Waals surface area contributed by atoms with Crippen molar-refractivity contribution in [1.29, 1.82) is 0 Å². The van der Waals surface area contributed by atoms with Crippen molar-refractivity contribution < 1.29 is 28.8 Å². The van der Waals surface area contributed by atoms with Crippen molar-refractivity contribution in [3.63, 3.8) is 0 Å². The van der Waals surface area contributed by atoms with Crippen molar-refractivity contribution in [2.75, 3.05) is 21.3 Å². The highest BCUT2D eigenvalue weighted by Gasteiger charge is 2.27. The van der Waals surface area contributed by atoms with Crippen molar-refractivity contribution in [1.82, 2.24) is 0 Å². The van der Waals surface area contributed by atoms with Gasteiger partial charge in [0, 0.05) is 11.4 Å². The van der Waals surface area contributed by atoms with Crippen LogP contribution < -0.4 is 21.3 Å². The molecule has 0 spiro atoms. The smallest absolute Gasteiger partial charge is 0.258 e. The minimum Gasteiger partial charge on any atom is -0.324 e. The molecule has 4 N–H and O–H groups in total. The molecule has 324 valence electrons. The number of nitrogens with one attached hydrogen (secondary N) is 4. The zero-order chi connectivity index (χ0) is 46.1. The maximum atomic E-state index is 13.5. The van der Waals surface area contributed by atoms with E-state index < -0.39 is 52.7 Å². The summed E-state index contributed by atoms with van der Waals surface area (Å²) in [6.45, 7) is 3.87. The van der Waals surface area contributed by atoms with E-state index in [0.29, 0.717) is 5.56 Å². The molecule has 5 aromatic carbocycles. The van der Waals surface area contributed by atoms with E-state index in [2.05, 4.69) is 41.7 Å². The van der Waals surface area contributed by atoms with Gasteiger partial charge in [0.2, 0.25) is 12.1 Å². The number of ketones is 2. The van der Waals surface area contributed by atoms with E-state index in [9.17, 15) is 28.8 Å². The number of rotatable bonds is 15. The third-order valence-corrected chi connectivity index (χ3v) is 11.3. The second-order valence-electron chi connectivity index (χ2n) is 13.2. The van der Waals surface area contributed by atoms with Gasteiger partial charge in [-0.05, 0) is 93.1 Å². The highest BCUT2D eigenvalue weighted by atomic mass is 35.5. The Bertz CT molecular complexity index is 2710. The summed E-state index contributed by atoms with van der Waals surface area (Å²) in [7, 11) is 0. The number of amides is 4. The standard InChI is InChI=1S/C42H31Cl7N8O6/c1-19(43)25-18-22(50-41(62)37(20(2)58)56-54-31-14-4-8-23(33(31)46)39(60)52-29-12-6-10-26(44)35(29)48)16-17-28(25)51-42(63)38(21(3)59)57-55-32-15-5-9-24(34(32)47)40(61)53-30-13-7-11-27(45)36(30)49/h4-19,37-38H,1-3H3,(H,50,62)(H,51,63)(H,52,60)(H,53,61). The first-order valence-electron chi connectivity index (χ1n) is 18.2. The quantitative estimate of drug-likeness (QED) is 0.0457. The lowest BCUT2D eigenvalue weighted by molar-refractivity contribution is -0.127. The Labute approximate surface area is 394 Å². The molecule has 0 radical (unpaired) electrons. The van der Waals surface area contributed by atoms with E-state index in [1.54, 1.807) is 43.3 Å². The molecule has 5 aromatic rings. The fourth-order valence-corrected chi connectivity index (χ4v) is 6.87. The highest BCUT2D eigenvalue weighted by Crippen LogP contribution is 2.35. The van der Waals surface area contributed by atoms with Gasteiger partial charge >= 0.3 is 0 Å². The molecule has 0 saturated carbocycles. The van der Waals surface area contributed by atoms with Crippen LogP contribution in [-0.4, -0.2) is 47.3 Å². The first kappa shape index (κ1) is 48.6. The van der Waals surface area contributed by atoms with Crippen LogP contribution in [0.4, 0.5) is 34.1 Å². The van der Waals surface area contributed by atoms with Crippen LogP contribution in [0.25, 0.3) is 0 Å². The van der Waals surface area contributed by atoms with Gasteiger partial charge < -0.3 is 21.3 Å². The fourth-order valence-electron chi connectivity index (χ4n) is 5.50. The van der Waals surface area contributed by atoms with Crippen LogP contribution in [0.2, 0.25) is 30.1 Å². The summed E-state index contributed by atoms with van der Waals surface area (Å²) < 4.78 is 0. The molecule has 0 heterocycles. The van der Waals surface area contributed by atoms with Crippen molar-refractivity contribution in [2.24, 2.45) is 20.5 Å². The van der Waals surface area contributed by atoms with Gasteiger partial charge in [0.15, 0.2) is 11.6 Å². The summed E-state index contributed by atoms with van der Waals surface area (Å²) in [4.78, 5) is 78.2. The predicted octanol–water partition coefficient (Wildman–Crippen LogP) is 12.8. The lowest BCUT2D eigenvalue weighted by Crippen LogP contribution is -2.32. The lowest BCUT2D eigenvalue weighted by atomic mass is 10.1. The molecule has 0 saturated heterocycles. The van der Waals surface area contributed by atoms with Crippen LogP contribution in [0.1, 0.15) is 52.4 Å². The molecule has 14 nitrogen and oxygen atoms in total. The third kappa shape index (κ3) is 12.2. The molecule has 5 rings (SSSR count). The van der Waals surface area contributed by atoms with E-state index in [4.69, 9.17) is 81.2 Å². The number of benzene rings is 5. The summed E-state index contributed by atoms with van der Waals surface area (Å²) in [5, 5.41) is 26.0. The van der Waals surface area contributed by atoms with Gasteiger partial charge in [-0.1, -0.05) is 93.9 Å². The minimum atomic E-state index is -1.66. The number of hydrogen-bond acceptors (Lipinski definition) is 10. The number of azo groups is 2. The van der Waals surface area contributed by atoms with E-state index in [0.717, 1.165) is 13.8 Å². The van der Waals surface area contributed by atoms with Crippen LogP contribution in [0.15, 0.2) is 111 Å². The minimum absolute atomic E-state index is 0.00144. The molecule has 4 amide bonds. The molecule has 0 aliphatic carbocycles. The molecular weight excluding hydrogens is 961 g/mol.